The van der Waals surface area contributed by atoms with Crippen LogP contribution >= 0.6 is 0 Å². The van der Waals surface area contributed by atoms with Crippen molar-refractivity contribution in [3.05, 3.63) is 18.5 Å². The topological polar surface area (TPSA) is 84.7 Å². The monoisotopic (exact) mass is 349 g/mol. The summed E-state index contributed by atoms with van der Waals surface area (Å²) in [5, 5.41) is 14.0. The number of ether oxygens (including phenoxy) is 1. The van der Waals surface area contributed by atoms with Gasteiger partial charge < -0.3 is 14.7 Å². The maximum absolute atomic E-state index is 13.1. The number of piperidine rings is 1. The molecule has 1 amide bonds. The second kappa shape index (κ2) is 7.15. The van der Waals surface area contributed by atoms with Crippen LogP contribution in [0.4, 0.5) is 0 Å². The summed E-state index contributed by atoms with van der Waals surface area (Å²) in [5.74, 6) is -0.696. The van der Waals surface area contributed by atoms with Crippen molar-refractivity contribution in [2.24, 2.45) is 10.8 Å². The van der Waals surface area contributed by atoms with Gasteiger partial charge >= 0.3 is 5.97 Å². The van der Waals surface area contributed by atoms with E-state index in [1.165, 1.54) is 0 Å². The number of aliphatic carboxylic acids is 1. The van der Waals surface area contributed by atoms with Crippen LogP contribution < -0.4 is 0 Å². The molecule has 1 aromatic heterocycles. The first kappa shape index (κ1) is 17.9. The Bertz CT molecular complexity index is 612. The third-order valence-corrected chi connectivity index (χ3v) is 5.65. The van der Waals surface area contributed by atoms with E-state index < -0.39 is 11.4 Å². The summed E-state index contributed by atoms with van der Waals surface area (Å²) in [4.78, 5) is 26.9. The average molecular weight is 349 g/mol. The molecule has 25 heavy (non-hydrogen) atoms. The number of aromatic nitrogens is 2. The van der Waals surface area contributed by atoms with Crippen LogP contribution in [0.25, 0.3) is 0 Å². The van der Waals surface area contributed by atoms with E-state index in [0.717, 1.165) is 19.3 Å². The molecule has 0 radical (unpaired) electrons. The number of carbonyl (C=O) groups is 2. The van der Waals surface area contributed by atoms with Crippen molar-refractivity contribution in [3.8, 4) is 0 Å². The summed E-state index contributed by atoms with van der Waals surface area (Å²) in [5.41, 5.74) is -1.23. The molecular formula is C18H27N3O4. The number of rotatable bonds is 8. The number of hydrogen-bond donors (Lipinski definition) is 1. The highest BCUT2D eigenvalue weighted by Crippen LogP contribution is 2.49. The fourth-order valence-corrected chi connectivity index (χ4v) is 3.98. The van der Waals surface area contributed by atoms with Gasteiger partial charge in [-0.1, -0.05) is 0 Å². The zero-order valence-corrected chi connectivity index (χ0v) is 14.8. The van der Waals surface area contributed by atoms with Gasteiger partial charge in [0.2, 0.25) is 5.91 Å². The Kier molecular flexibility index (Phi) is 5.13. The third kappa shape index (κ3) is 3.71. The minimum absolute atomic E-state index is 0.0973. The summed E-state index contributed by atoms with van der Waals surface area (Å²) in [6, 6.07) is 1.85. The predicted octanol–water partition coefficient (Wildman–Crippen LogP) is 1.78. The summed E-state index contributed by atoms with van der Waals surface area (Å²) < 4.78 is 6.88. The number of carboxylic acid groups (broad SMARTS) is 1. The lowest BCUT2D eigenvalue weighted by molar-refractivity contribution is -0.157. The smallest absolute Gasteiger partial charge is 0.311 e. The van der Waals surface area contributed by atoms with Crippen LogP contribution in [0.15, 0.2) is 18.5 Å². The summed E-state index contributed by atoms with van der Waals surface area (Å²) in [6.45, 7) is 2.09. The maximum atomic E-state index is 13.1. The average Bonchev–Trinajstić information content (AvgIpc) is 3.20. The molecule has 138 valence electrons. The van der Waals surface area contributed by atoms with Crippen LogP contribution in [-0.4, -0.2) is 58.5 Å². The Morgan fingerprint density at radius 1 is 1.28 bits per heavy atom. The van der Waals surface area contributed by atoms with E-state index in [0.29, 0.717) is 45.5 Å². The van der Waals surface area contributed by atoms with Crippen LogP contribution in [0.5, 0.6) is 0 Å². The lowest BCUT2D eigenvalue weighted by atomic mass is 9.76. The van der Waals surface area contributed by atoms with Gasteiger partial charge in [-0.05, 0) is 44.6 Å². The molecule has 7 nitrogen and oxygen atoms in total. The summed E-state index contributed by atoms with van der Waals surface area (Å²) in [6.07, 6.45) is 7.90. The molecular weight excluding hydrogens is 322 g/mol. The standard InChI is InChI=1S/C18H27N3O4/c1-25-12-3-6-18(16(23)24)5-2-10-20(13-18)15(22)17(7-8-17)14-21-11-4-9-19-21/h4,9,11H,2-3,5-8,10,12-14H2,1H3,(H,23,24). The SMILES string of the molecule is COCCCC1(C(=O)O)CCCN(C(=O)C2(Cn3cccn3)CC2)C1. The fraction of sp³-hybridized carbons (Fsp3) is 0.722. The molecule has 0 bridgehead atoms. The molecule has 1 saturated heterocycles. The molecule has 7 heteroatoms. The maximum Gasteiger partial charge on any atom is 0.311 e. The summed E-state index contributed by atoms with van der Waals surface area (Å²) >= 11 is 0. The Morgan fingerprint density at radius 3 is 2.68 bits per heavy atom. The predicted molar refractivity (Wildman–Crippen MR) is 90.9 cm³/mol. The van der Waals surface area contributed by atoms with Crippen LogP contribution in [0.2, 0.25) is 0 Å². The first-order valence-corrected chi connectivity index (χ1v) is 9.01. The number of methoxy groups -OCH3 is 1. The molecule has 2 heterocycles. The van der Waals surface area contributed by atoms with Crippen molar-refractivity contribution < 1.29 is 19.4 Å². The van der Waals surface area contributed by atoms with Gasteiger partial charge in [-0.15, -0.1) is 0 Å². The molecule has 1 aliphatic carbocycles. The zero-order valence-electron chi connectivity index (χ0n) is 14.8. The van der Waals surface area contributed by atoms with Crippen LogP contribution in [0.1, 0.15) is 38.5 Å². The van der Waals surface area contributed by atoms with Gasteiger partial charge in [0.15, 0.2) is 0 Å². The molecule has 1 atom stereocenters. The second-order valence-electron chi connectivity index (χ2n) is 7.50. The van der Waals surface area contributed by atoms with E-state index in [4.69, 9.17) is 4.74 Å². The Balaban J connectivity index is 1.69. The molecule has 2 aliphatic rings. The van der Waals surface area contributed by atoms with Crippen molar-refractivity contribution in [3.63, 3.8) is 0 Å². The van der Waals surface area contributed by atoms with Crippen molar-refractivity contribution in [2.45, 2.75) is 45.1 Å². The number of nitrogens with zero attached hydrogens (tertiary/aromatic N) is 3. The van der Waals surface area contributed by atoms with Crippen molar-refractivity contribution in [1.29, 1.82) is 0 Å². The van der Waals surface area contributed by atoms with Crippen molar-refractivity contribution in [1.82, 2.24) is 14.7 Å². The zero-order chi connectivity index (χ0) is 17.9. The highest BCUT2D eigenvalue weighted by molar-refractivity contribution is 5.86. The van der Waals surface area contributed by atoms with Crippen LogP contribution in [0, 0.1) is 10.8 Å². The van der Waals surface area contributed by atoms with Gasteiger partial charge in [-0.25, -0.2) is 0 Å². The molecule has 0 spiro atoms. The van der Waals surface area contributed by atoms with E-state index in [9.17, 15) is 14.7 Å². The number of hydrogen-bond acceptors (Lipinski definition) is 4. The lowest BCUT2D eigenvalue weighted by Crippen LogP contribution is -2.52. The quantitative estimate of drug-likeness (QED) is 0.723. The first-order chi connectivity index (χ1) is 12.0. The van der Waals surface area contributed by atoms with Crippen LogP contribution in [-0.2, 0) is 20.9 Å². The third-order valence-electron chi connectivity index (χ3n) is 5.65. The summed E-state index contributed by atoms with van der Waals surface area (Å²) in [7, 11) is 1.62. The van der Waals surface area contributed by atoms with Crippen molar-refractivity contribution >= 4 is 11.9 Å². The Labute approximate surface area is 147 Å². The molecule has 0 aromatic carbocycles. The molecule has 1 saturated carbocycles. The van der Waals surface area contributed by atoms with Gasteiger partial charge in [0.25, 0.3) is 0 Å². The van der Waals surface area contributed by atoms with E-state index in [2.05, 4.69) is 5.10 Å². The highest BCUT2D eigenvalue weighted by atomic mass is 16.5. The number of carboxylic acids is 1. The van der Waals surface area contributed by atoms with Gasteiger partial charge in [-0.2, -0.15) is 5.10 Å². The molecule has 2 fully saturated rings. The van der Waals surface area contributed by atoms with Gasteiger partial charge in [0, 0.05) is 39.2 Å². The van der Waals surface area contributed by atoms with E-state index in [1.54, 1.807) is 22.9 Å². The molecule has 1 aromatic rings. The molecule has 1 N–H and O–H groups in total. The van der Waals surface area contributed by atoms with E-state index in [1.807, 2.05) is 12.3 Å². The highest BCUT2D eigenvalue weighted by Gasteiger charge is 2.54. The largest absolute Gasteiger partial charge is 0.481 e. The Hall–Kier alpha value is -1.89. The molecule has 1 unspecified atom stereocenters. The second-order valence-corrected chi connectivity index (χ2v) is 7.50. The first-order valence-electron chi connectivity index (χ1n) is 9.01. The number of likely N-dealkylation sites (tertiary alicyclic amines) is 1. The van der Waals surface area contributed by atoms with E-state index in [-0.39, 0.29) is 11.3 Å². The van der Waals surface area contributed by atoms with Gasteiger partial charge in [0.1, 0.15) is 0 Å². The lowest BCUT2D eigenvalue weighted by Gasteiger charge is -2.41. The minimum atomic E-state index is -0.839. The van der Waals surface area contributed by atoms with Gasteiger partial charge in [0.05, 0.1) is 17.4 Å². The molecule has 1 aliphatic heterocycles. The minimum Gasteiger partial charge on any atom is -0.481 e. The van der Waals surface area contributed by atoms with E-state index >= 15 is 0 Å². The fourth-order valence-electron chi connectivity index (χ4n) is 3.98. The number of amides is 1. The van der Waals surface area contributed by atoms with Crippen LogP contribution in [0.3, 0.4) is 0 Å². The normalized spacial score (nSPS) is 24.9. The molecule has 3 rings (SSSR count). The Morgan fingerprint density at radius 2 is 2.08 bits per heavy atom. The van der Waals surface area contributed by atoms with Gasteiger partial charge in [-0.3, -0.25) is 14.3 Å². The number of carbonyl (C=O) groups excluding carboxylic acids is 1. The van der Waals surface area contributed by atoms with Crippen molar-refractivity contribution in [2.75, 3.05) is 26.8 Å².